The topological polar surface area (TPSA) is 23.6 Å². The van der Waals surface area contributed by atoms with Crippen molar-refractivity contribution in [2.75, 3.05) is 7.05 Å². The Morgan fingerprint density at radius 3 is 2.44 bits per heavy atom. The average Bonchev–Trinajstić information content (AvgIpc) is 2.36. The number of rotatable bonds is 4. The highest BCUT2D eigenvalue weighted by Crippen LogP contribution is 2.24. The van der Waals surface area contributed by atoms with Gasteiger partial charge in [-0.15, -0.1) is 4.53 Å². The minimum Gasteiger partial charge on any atom is -0.267 e. The maximum atomic E-state index is 13.5. The molecule has 0 saturated heterocycles. The van der Waals surface area contributed by atoms with Gasteiger partial charge < -0.3 is 0 Å². The Morgan fingerprint density at radius 2 is 1.94 bits per heavy atom. The predicted molar refractivity (Wildman–Crippen MR) is 70.6 cm³/mol. The van der Waals surface area contributed by atoms with Gasteiger partial charge in [0.2, 0.25) is 0 Å². The smallest absolute Gasteiger partial charge is 0.267 e. The second-order valence-corrected chi connectivity index (χ2v) is 5.05. The third kappa shape index (κ3) is 3.00. The zero-order chi connectivity index (χ0) is 13.9. The van der Waals surface area contributed by atoms with Crippen LogP contribution in [-0.4, -0.2) is 28.0 Å². The normalized spacial score (nSPS) is 11.7. The molecular weight excluding hydrogens is 255 g/mol. The summed E-state index contributed by atoms with van der Waals surface area (Å²) in [5, 5.41) is 1.23. The van der Waals surface area contributed by atoms with E-state index in [0.717, 1.165) is 6.42 Å². The van der Waals surface area contributed by atoms with Crippen LogP contribution in [0, 0.1) is 5.82 Å². The van der Waals surface area contributed by atoms with Gasteiger partial charge in [-0.3, -0.25) is 9.80 Å². The summed E-state index contributed by atoms with van der Waals surface area (Å²) in [6, 6.07) is 5.86. The maximum Gasteiger partial charge on any atom is 0.271 e. The van der Waals surface area contributed by atoms with Crippen LogP contribution >= 0.6 is 11.8 Å². The molecule has 0 fully saturated rings. The number of hydrogen-bond donors (Lipinski definition) is 0. The van der Waals surface area contributed by atoms with Crippen molar-refractivity contribution < 1.29 is 9.18 Å². The summed E-state index contributed by atoms with van der Waals surface area (Å²) in [4.78, 5) is 12.1. The second kappa shape index (κ2) is 5.67. The van der Waals surface area contributed by atoms with E-state index in [1.165, 1.54) is 28.7 Å². The van der Waals surface area contributed by atoms with Crippen molar-refractivity contribution in [2.24, 2.45) is 0 Å². The summed E-state index contributed by atoms with van der Waals surface area (Å²) in [7, 11) is 1.53. The molecule has 0 aliphatic rings. The van der Waals surface area contributed by atoms with Crippen LogP contribution in [0.4, 0.5) is 4.39 Å². The molecule has 18 heavy (non-hydrogen) atoms. The minimum atomic E-state index is -0.547. The van der Waals surface area contributed by atoms with E-state index in [1.54, 1.807) is 12.1 Å². The van der Waals surface area contributed by atoms with Crippen molar-refractivity contribution in [3.8, 4) is 0 Å². The Labute approximate surface area is 112 Å². The number of carbonyl (C=O) groups is 1. The second-order valence-electron chi connectivity index (χ2n) is 4.73. The Hall–Kier alpha value is -1.13. The highest BCUT2D eigenvalue weighted by molar-refractivity contribution is 6.14. The van der Waals surface area contributed by atoms with Crippen molar-refractivity contribution in [2.45, 2.75) is 32.7 Å². The first-order valence-electron chi connectivity index (χ1n) is 5.79. The van der Waals surface area contributed by atoms with Crippen LogP contribution in [0.5, 0.6) is 0 Å². The van der Waals surface area contributed by atoms with Crippen LogP contribution in [0.2, 0.25) is 0 Å². The van der Waals surface area contributed by atoms with Crippen molar-refractivity contribution in [3.05, 3.63) is 35.6 Å². The van der Waals surface area contributed by atoms with Crippen LogP contribution in [0.15, 0.2) is 24.3 Å². The van der Waals surface area contributed by atoms with Gasteiger partial charge in [0.25, 0.3) is 5.91 Å². The van der Waals surface area contributed by atoms with Gasteiger partial charge in [0.05, 0.1) is 11.1 Å². The summed E-state index contributed by atoms with van der Waals surface area (Å²) < 4.78 is 14.8. The highest BCUT2D eigenvalue weighted by atomic mass is 35.5. The molecule has 1 aromatic rings. The van der Waals surface area contributed by atoms with E-state index in [-0.39, 0.29) is 5.56 Å². The molecule has 1 rings (SSSR count). The molecule has 0 aliphatic carbocycles. The number of benzene rings is 1. The van der Waals surface area contributed by atoms with Crippen LogP contribution in [0.25, 0.3) is 0 Å². The molecule has 3 nitrogen and oxygen atoms in total. The molecule has 0 radical (unpaired) electrons. The summed E-state index contributed by atoms with van der Waals surface area (Å²) in [5.74, 6) is -1.02. The number of amides is 1. The third-order valence-electron chi connectivity index (χ3n) is 3.03. The average molecular weight is 273 g/mol. The highest BCUT2D eigenvalue weighted by Gasteiger charge is 2.30. The molecule has 0 saturated carbocycles. The van der Waals surface area contributed by atoms with Crippen LogP contribution in [-0.2, 0) is 0 Å². The van der Waals surface area contributed by atoms with Crippen molar-refractivity contribution >= 4 is 17.7 Å². The van der Waals surface area contributed by atoms with Gasteiger partial charge in [0.15, 0.2) is 0 Å². The number of carbonyl (C=O) groups excluding carboxylic acids is 1. The molecular formula is C13H18ClFN2O. The molecule has 0 bridgehead atoms. The van der Waals surface area contributed by atoms with Gasteiger partial charge in [0.1, 0.15) is 5.82 Å². The van der Waals surface area contributed by atoms with Crippen molar-refractivity contribution in [3.63, 3.8) is 0 Å². The van der Waals surface area contributed by atoms with E-state index >= 15 is 0 Å². The van der Waals surface area contributed by atoms with Crippen molar-refractivity contribution in [1.29, 1.82) is 0 Å². The molecule has 0 spiro atoms. The van der Waals surface area contributed by atoms with Crippen LogP contribution < -0.4 is 0 Å². The first kappa shape index (κ1) is 14.9. The van der Waals surface area contributed by atoms with Crippen molar-refractivity contribution in [1.82, 2.24) is 9.54 Å². The Bertz CT molecular complexity index is 437. The molecule has 5 heteroatoms. The maximum absolute atomic E-state index is 13.5. The molecule has 0 aliphatic heterocycles. The molecule has 0 N–H and O–H groups in total. The standard InChI is InChI=1S/C13H18ClFN2O/c1-5-13(2,3)17(14)16(4)12(18)10-8-6-7-9-11(10)15/h6-9H,5H2,1-4H3. The predicted octanol–water partition coefficient (Wildman–Crippen LogP) is 3.46. The zero-order valence-electron chi connectivity index (χ0n) is 11.1. The number of nitrogens with zero attached hydrogens (tertiary/aromatic N) is 2. The zero-order valence-corrected chi connectivity index (χ0v) is 11.8. The lowest BCUT2D eigenvalue weighted by Crippen LogP contribution is -2.49. The van der Waals surface area contributed by atoms with Gasteiger partial charge in [0, 0.05) is 18.8 Å². The monoisotopic (exact) mass is 272 g/mol. The largest absolute Gasteiger partial charge is 0.271 e. The van der Waals surface area contributed by atoms with Gasteiger partial charge in [-0.05, 0) is 32.4 Å². The molecule has 0 aromatic heterocycles. The SMILES string of the molecule is CCC(C)(C)N(Cl)N(C)C(=O)c1ccccc1F. The fraction of sp³-hybridized carbons (Fsp3) is 0.462. The van der Waals surface area contributed by atoms with E-state index < -0.39 is 17.3 Å². The molecule has 1 aromatic carbocycles. The van der Waals surface area contributed by atoms with Gasteiger partial charge >= 0.3 is 0 Å². The molecule has 100 valence electrons. The molecule has 1 amide bonds. The summed E-state index contributed by atoms with van der Waals surface area (Å²) in [6.07, 6.45) is 0.755. The van der Waals surface area contributed by atoms with Gasteiger partial charge in [-0.2, -0.15) is 0 Å². The van der Waals surface area contributed by atoms with Gasteiger partial charge in [-0.25, -0.2) is 4.39 Å². The number of halogens is 2. The van der Waals surface area contributed by atoms with E-state index in [2.05, 4.69) is 0 Å². The number of hydrazine groups is 1. The van der Waals surface area contributed by atoms with E-state index in [0.29, 0.717) is 0 Å². The number of hydrogen-bond acceptors (Lipinski definition) is 2. The summed E-state index contributed by atoms with van der Waals surface area (Å²) in [5.41, 5.74) is -0.380. The Morgan fingerprint density at radius 1 is 1.39 bits per heavy atom. The fourth-order valence-electron chi connectivity index (χ4n) is 1.43. The quantitative estimate of drug-likeness (QED) is 0.619. The van der Waals surface area contributed by atoms with Gasteiger partial charge in [-0.1, -0.05) is 19.1 Å². The van der Waals surface area contributed by atoms with Crippen LogP contribution in [0.3, 0.4) is 0 Å². The Kier molecular flexibility index (Phi) is 4.71. The first-order chi connectivity index (χ1) is 8.31. The van der Waals surface area contributed by atoms with E-state index in [1.807, 2.05) is 20.8 Å². The Balaban J connectivity index is 2.95. The lowest BCUT2D eigenvalue weighted by Gasteiger charge is -2.37. The lowest BCUT2D eigenvalue weighted by molar-refractivity contribution is 0.00907. The summed E-state index contributed by atoms with van der Waals surface area (Å²) in [6.45, 7) is 5.78. The molecule has 0 heterocycles. The third-order valence-corrected chi connectivity index (χ3v) is 3.71. The van der Waals surface area contributed by atoms with Crippen LogP contribution in [0.1, 0.15) is 37.6 Å². The molecule has 0 atom stereocenters. The van der Waals surface area contributed by atoms with E-state index in [4.69, 9.17) is 11.8 Å². The first-order valence-corrected chi connectivity index (χ1v) is 6.13. The minimum absolute atomic E-state index is 0.0116. The summed E-state index contributed by atoms with van der Waals surface area (Å²) >= 11 is 6.14. The van der Waals surface area contributed by atoms with E-state index in [9.17, 15) is 9.18 Å². The fourth-order valence-corrected chi connectivity index (χ4v) is 1.61. The lowest BCUT2D eigenvalue weighted by atomic mass is 10.0. The molecule has 0 unspecified atom stereocenters.